The zero-order valence-electron chi connectivity index (χ0n) is 11.8. The number of hydrogen-bond donors (Lipinski definition) is 1. The highest BCUT2D eigenvalue weighted by molar-refractivity contribution is 9.10. The van der Waals surface area contributed by atoms with Crippen molar-refractivity contribution < 1.29 is 4.92 Å². The Kier molecular flexibility index (Phi) is 5.33. The van der Waals surface area contributed by atoms with E-state index < -0.39 is 4.92 Å². The molecule has 0 aliphatic rings. The fourth-order valence-corrected chi connectivity index (χ4v) is 2.67. The lowest BCUT2D eigenvalue weighted by molar-refractivity contribution is -0.385. The number of nitrogens with zero attached hydrogens (tertiary/aromatic N) is 1. The highest BCUT2D eigenvalue weighted by Crippen LogP contribution is 2.28. The van der Waals surface area contributed by atoms with Crippen molar-refractivity contribution >= 4 is 27.3 Å². The minimum absolute atomic E-state index is 0.0817. The lowest BCUT2D eigenvalue weighted by Crippen LogP contribution is -2.06. The summed E-state index contributed by atoms with van der Waals surface area (Å²) >= 11 is 3.22. The third kappa shape index (κ3) is 4.29. The fourth-order valence-electron chi connectivity index (χ4n) is 2.15. The molecule has 0 amide bonds. The van der Waals surface area contributed by atoms with Gasteiger partial charge in [0.05, 0.1) is 9.40 Å². The monoisotopic (exact) mass is 348 g/mol. The van der Waals surface area contributed by atoms with Crippen molar-refractivity contribution in [2.75, 3.05) is 11.9 Å². The maximum absolute atomic E-state index is 10.7. The summed E-state index contributed by atoms with van der Waals surface area (Å²) in [5, 5.41) is 14.0. The minimum atomic E-state index is -0.397. The van der Waals surface area contributed by atoms with Gasteiger partial charge in [0.15, 0.2) is 0 Å². The van der Waals surface area contributed by atoms with E-state index in [1.165, 1.54) is 11.6 Å². The van der Waals surface area contributed by atoms with Crippen molar-refractivity contribution in [3.8, 4) is 0 Å². The Balaban J connectivity index is 1.89. The lowest BCUT2D eigenvalue weighted by Gasteiger charge is -2.13. The van der Waals surface area contributed by atoms with Crippen molar-refractivity contribution in [2.45, 2.75) is 19.3 Å². The van der Waals surface area contributed by atoms with E-state index >= 15 is 0 Å². The van der Waals surface area contributed by atoms with Crippen LogP contribution in [0.15, 0.2) is 53.0 Å². The molecule has 1 N–H and O–H groups in total. The highest BCUT2D eigenvalue weighted by atomic mass is 79.9. The molecule has 0 aromatic heterocycles. The summed E-state index contributed by atoms with van der Waals surface area (Å²) < 4.78 is 0.494. The van der Waals surface area contributed by atoms with Crippen LogP contribution in [0, 0.1) is 10.1 Å². The number of rotatable bonds is 6. The summed E-state index contributed by atoms with van der Waals surface area (Å²) in [6.45, 7) is 3.02. The molecule has 1 atom stereocenters. The molecule has 2 rings (SSSR count). The third-order valence-corrected chi connectivity index (χ3v) is 4.05. The molecule has 0 radical (unpaired) electrons. The summed E-state index contributed by atoms with van der Waals surface area (Å²) in [6.07, 6.45) is 0.999. The van der Waals surface area contributed by atoms with Crippen LogP contribution in [-0.4, -0.2) is 11.5 Å². The molecule has 4 nitrogen and oxygen atoms in total. The molecule has 0 heterocycles. The standard InChI is InChI=1S/C16H17BrN2O2/c1-12(13-5-3-2-4-6-13)9-10-18-14-7-8-16(19(20)21)15(17)11-14/h2-8,11-12,18H,9-10H2,1H3. The molecule has 0 saturated heterocycles. The number of halogens is 1. The number of nitro groups is 1. The first kappa shape index (κ1) is 15.5. The van der Waals surface area contributed by atoms with Crippen LogP contribution in [0.1, 0.15) is 24.8 Å². The minimum Gasteiger partial charge on any atom is -0.385 e. The zero-order chi connectivity index (χ0) is 15.2. The van der Waals surface area contributed by atoms with Gasteiger partial charge in [-0.05, 0) is 46.0 Å². The predicted molar refractivity (Wildman–Crippen MR) is 88.8 cm³/mol. The molecule has 5 heteroatoms. The molecular formula is C16H17BrN2O2. The van der Waals surface area contributed by atoms with Crippen molar-refractivity contribution in [3.63, 3.8) is 0 Å². The Hall–Kier alpha value is -1.88. The van der Waals surface area contributed by atoms with Gasteiger partial charge in [-0.3, -0.25) is 10.1 Å². The van der Waals surface area contributed by atoms with E-state index in [1.54, 1.807) is 12.1 Å². The molecular weight excluding hydrogens is 332 g/mol. The zero-order valence-corrected chi connectivity index (χ0v) is 13.3. The highest BCUT2D eigenvalue weighted by Gasteiger charge is 2.11. The van der Waals surface area contributed by atoms with Gasteiger partial charge >= 0.3 is 0 Å². The first-order chi connectivity index (χ1) is 10.1. The van der Waals surface area contributed by atoms with Crippen LogP contribution in [0.5, 0.6) is 0 Å². The molecule has 0 saturated carbocycles. The first-order valence-electron chi connectivity index (χ1n) is 6.80. The van der Waals surface area contributed by atoms with Crippen molar-refractivity contribution in [3.05, 3.63) is 68.7 Å². The van der Waals surface area contributed by atoms with Gasteiger partial charge in [0.1, 0.15) is 0 Å². The molecule has 21 heavy (non-hydrogen) atoms. The van der Waals surface area contributed by atoms with Gasteiger partial charge in [-0.15, -0.1) is 0 Å². The smallest absolute Gasteiger partial charge is 0.283 e. The topological polar surface area (TPSA) is 55.2 Å². The normalized spacial score (nSPS) is 11.9. The number of nitro benzene ring substituents is 1. The predicted octanol–water partition coefficient (Wildman–Crippen LogP) is 4.96. The average Bonchev–Trinajstić information content (AvgIpc) is 2.47. The summed E-state index contributed by atoms with van der Waals surface area (Å²) in [4.78, 5) is 10.4. The van der Waals surface area contributed by atoms with Gasteiger partial charge in [0.25, 0.3) is 5.69 Å². The van der Waals surface area contributed by atoms with Gasteiger partial charge in [-0.1, -0.05) is 37.3 Å². The molecule has 2 aromatic rings. The summed E-state index contributed by atoms with van der Waals surface area (Å²) in [6, 6.07) is 15.4. The van der Waals surface area contributed by atoms with Crippen LogP contribution >= 0.6 is 15.9 Å². The van der Waals surface area contributed by atoms with E-state index in [9.17, 15) is 10.1 Å². The van der Waals surface area contributed by atoms with E-state index in [-0.39, 0.29) is 5.69 Å². The molecule has 0 fully saturated rings. The quantitative estimate of drug-likeness (QED) is 0.592. The Bertz CT molecular complexity index is 617. The summed E-state index contributed by atoms with van der Waals surface area (Å²) in [5.41, 5.74) is 2.29. The fraction of sp³-hybridized carbons (Fsp3) is 0.250. The molecule has 1 unspecified atom stereocenters. The van der Waals surface area contributed by atoms with Crippen LogP contribution in [0.4, 0.5) is 11.4 Å². The van der Waals surface area contributed by atoms with Crippen molar-refractivity contribution in [1.29, 1.82) is 0 Å². The van der Waals surface area contributed by atoms with Crippen LogP contribution in [0.3, 0.4) is 0 Å². The molecule has 2 aromatic carbocycles. The van der Waals surface area contributed by atoms with Crippen LogP contribution in [-0.2, 0) is 0 Å². The largest absolute Gasteiger partial charge is 0.385 e. The Morgan fingerprint density at radius 2 is 1.95 bits per heavy atom. The average molecular weight is 349 g/mol. The van der Waals surface area contributed by atoms with Crippen molar-refractivity contribution in [1.82, 2.24) is 0 Å². The third-order valence-electron chi connectivity index (χ3n) is 3.42. The van der Waals surface area contributed by atoms with Crippen molar-refractivity contribution in [2.24, 2.45) is 0 Å². The summed E-state index contributed by atoms with van der Waals surface area (Å²) in [7, 11) is 0. The second-order valence-corrected chi connectivity index (χ2v) is 5.80. The number of hydrogen-bond acceptors (Lipinski definition) is 3. The van der Waals surface area contributed by atoms with E-state index in [2.05, 4.69) is 40.3 Å². The van der Waals surface area contributed by atoms with Gasteiger partial charge in [-0.25, -0.2) is 0 Å². The number of benzene rings is 2. The molecule has 0 aliphatic carbocycles. The van der Waals surface area contributed by atoms with E-state index in [0.717, 1.165) is 18.7 Å². The second kappa shape index (κ2) is 7.22. The maximum atomic E-state index is 10.7. The molecule has 0 bridgehead atoms. The van der Waals surface area contributed by atoms with E-state index in [0.29, 0.717) is 10.4 Å². The van der Waals surface area contributed by atoms with Gasteiger partial charge in [-0.2, -0.15) is 0 Å². The van der Waals surface area contributed by atoms with Crippen LogP contribution in [0.2, 0.25) is 0 Å². The second-order valence-electron chi connectivity index (χ2n) is 4.95. The molecule has 110 valence electrons. The molecule has 0 aliphatic heterocycles. The lowest BCUT2D eigenvalue weighted by atomic mass is 9.98. The van der Waals surface area contributed by atoms with Crippen LogP contribution < -0.4 is 5.32 Å². The van der Waals surface area contributed by atoms with E-state index in [1.807, 2.05) is 18.2 Å². The Morgan fingerprint density at radius 1 is 1.24 bits per heavy atom. The van der Waals surface area contributed by atoms with Gasteiger partial charge in [0, 0.05) is 18.3 Å². The maximum Gasteiger partial charge on any atom is 0.283 e. The van der Waals surface area contributed by atoms with Gasteiger partial charge < -0.3 is 5.32 Å². The summed E-state index contributed by atoms with van der Waals surface area (Å²) in [5.74, 6) is 0.472. The van der Waals surface area contributed by atoms with Gasteiger partial charge in [0.2, 0.25) is 0 Å². The van der Waals surface area contributed by atoms with Crippen LogP contribution in [0.25, 0.3) is 0 Å². The first-order valence-corrected chi connectivity index (χ1v) is 7.60. The SMILES string of the molecule is CC(CCNc1ccc([N+](=O)[O-])c(Br)c1)c1ccccc1. The number of nitrogens with one attached hydrogen (secondary N) is 1. The Labute approximate surface area is 132 Å². The number of anilines is 1. The Morgan fingerprint density at radius 3 is 2.57 bits per heavy atom. The van der Waals surface area contributed by atoms with E-state index in [4.69, 9.17) is 0 Å². The molecule has 0 spiro atoms.